The lowest BCUT2D eigenvalue weighted by Crippen LogP contribution is -2.25. The van der Waals surface area contributed by atoms with E-state index in [2.05, 4.69) is 65.8 Å². The van der Waals surface area contributed by atoms with Crippen LogP contribution in [-0.2, 0) is 28.5 Å². The van der Waals surface area contributed by atoms with E-state index in [1.807, 2.05) is 24.3 Å². The molecule has 2 atom stereocenters. The van der Waals surface area contributed by atoms with Gasteiger partial charge in [0.1, 0.15) is 28.8 Å². The lowest BCUT2D eigenvalue weighted by Gasteiger charge is -2.26. The highest BCUT2D eigenvalue weighted by molar-refractivity contribution is 5.93. The number of carbonyl (C=O) groups excluding carboxylic acids is 1. The molecule has 0 fully saturated rings. The molecule has 4 N–H and O–H groups in total. The number of hydrogen-bond donors (Lipinski definition) is 4. The van der Waals surface area contributed by atoms with Gasteiger partial charge in [-0.2, -0.15) is 0 Å². The molecule has 0 aliphatic carbocycles. The van der Waals surface area contributed by atoms with Crippen molar-refractivity contribution in [3.05, 3.63) is 118 Å². The number of phenols is 4. The minimum atomic E-state index is -0.766. The maximum atomic E-state index is 14.6. The van der Waals surface area contributed by atoms with Crippen molar-refractivity contribution >= 4 is 5.78 Å². The van der Waals surface area contributed by atoms with Gasteiger partial charge in [0.05, 0.1) is 11.8 Å². The Bertz CT molecular complexity index is 1420. The average molecular weight is 567 g/mol. The molecular formula is C37H42O5. The number of Topliss-reactive ketones (excluding diaryl/α,β-unsaturated/α-hetero) is 1. The lowest BCUT2D eigenvalue weighted by molar-refractivity contribution is -0.122. The summed E-state index contributed by atoms with van der Waals surface area (Å²) < 4.78 is 0. The molecule has 0 heterocycles. The highest BCUT2D eigenvalue weighted by atomic mass is 16.3. The van der Waals surface area contributed by atoms with Crippen LogP contribution >= 0.6 is 0 Å². The topological polar surface area (TPSA) is 98.0 Å². The van der Waals surface area contributed by atoms with Crippen molar-refractivity contribution in [2.45, 2.75) is 77.0 Å². The molecule has 4 aromatic carbocycles. The van der Waals surface area contributed by atoms with Crippen LogP contribution in [0.15, 0.2) is 84.9 Å². The second-order valence-electron chi connectivity index (χ2n) is 13.3. The third-order valence-electron chi connectivity index (χ3n) is 7.99. The maximum Gasteiger partial charge on any atom is 0.148 e. The molecule has 0 saturated carbocycles. The number of aromatic hydroxyl groups is 4. The van der Waals surface area contributed by atoms with Gasteiger partial charge in [0, 0.05) is 23.3 Å². The van der Waals surface area contributed by atoms with Crippen LogP contribution < -0.4 is 0 Å². The van der Waals surface area contributed by atoms with Crippen LogP contribution in [-0.4, -0.2) is 26.2 Å². The zero-order valence-electron chi connectivity index (χ0n) is 25.3. The van der Waals surface area contributed by atoms with E-state index in [4.69, 9.17) is 0 Å². The molecule has 220 valence electrons. The third kappa shape index (κ3) is 7.14. The van der Waals surface area contributed by atoms with Crippen LogP contribution in [0, 0.1) is 0 Å². The summed E-state index contributed by atoms with van der Waals surface area (Å²) in [6, 6.07) is 24.9. The molecule has 0 aromatic heterocycles. The number of phenolic OH excluding ortho intramolecular Hbond substituents is 4. The summed E-state index contributed by atoms with van der Waals surface area (Å²) in [5.41, 5.74) is 4.97. The van der Waals surface area contributed by atoms with Gasteiger partial charge in [-0.3, -0.25) is 4.79 Å². The van der Waals surface area contributed by atoms with Gasteiger partial charge in [-0.15, -0.1) is 0 Å². The quantitative estimate of drug-likeness (QED) is 0.173. The highest BCUT2D eigenvalue weighted by Gasteiger charge is 2.33. The summed E-state index contributed by atoms with van der Waals surface area (Å²) in [6.07, 6.45) is 0.639. The lowest BCUT2D eigenvalue weighted by atomic mass is 9.77. The Morgan fingerprint density at radius 3 is 1.17 bits per heavy atom. The van der Waals surface area contributed by atoms with Gasteiger partial charge >= 0.3 is 0 Å². The molecule has 0 aliphatic heterocycles. The Balaban J connectivity index is 1.79. The number of carbonyl (C=O) groups is 1. The van der Waals surface area contributed by atoms with Crippen molar-refractivity contribution in [2.24, 2.45) is 0 Å². The van der Waals surface area contributed by atoms with Crippen LogP contribution in [0.25, 0.3) is 0 Å². The molecule has 5 nitrogen and oxygen atoms in total. The minimum absolute atomic E-state index is 0.0208. The predicted octanol–water partition coefficient (Wildman–Crippen LogP) is 8.03. The van der Waals surface area contributed by atoms with Crippen molar-refractivity contribution < 1.29 is 25.2 Å². The number of hydrogen-bond acceptors (Lipinski definition) is 5. The second-order valence-corrected chi connectivity index (χ2v) is 13.3. The van der Waals surface area contributed by atoms with Crippen LogP contribution in [0.5, 0.6) is 23.0 Å². The minimum Gasteiger partial charge on any atom is -0.508 e. The number of benzene rings is 4. The Kier molecular flexibility index (Phi) is 8.72. The Morgan fingerprint density at radius 2 is 0.881 bits per heavy atom. The first-order valence-corrected chi connectivity index (χ1v) is 14.4. The Hall–Kier alpha value is -4.25. The van der Waals surface area contributed by atoms with Gasteiger partial charge in [-0.25, -0.2) is 0 Å². The summed E-state index contributed by atoms with van der Waals surface area (Å²) in [5.74, 6) is -2.23. The third-order valence-corrected chi connectivity index (χ3v) is 7.99. The van der Waals surface area contributed by atoms with E-state index in [-0.39, 0.29) is 39.6 Å². The van der Waals surface area contributed by atoms with Crippen molar-refractivity contribution in [3.8, 4) is 23.0 Å². The van der Waals surface area contributed by atoms with Crippen molar-refractivity contribution in [2.75, 3.05) is 0 Å². The average Bonchev–Trinajstić information content (AvgIpc) is 2.90. The van der Waals surface area contributed by atoms with Crippen molar-refractivity contribution in [1.29, 1.82) is 0 Å². The van der Waals surface area contributed by atoms with Gasteiger partial charge in [-0.05, 0) is 58.1 Å². The summed E-state index contributed by atoms with van der Waals surface area (Å²) in [6.45, 7) is 12.9. The summed E-state index contributed by atoms with van der Waals surface area (Å²) in [7, 11) is 0. The molecule has 5 heteroatoms. The molecule has 4 rings (SSSR count). The molecule has 0 radical (unpaired) electrons. The van der Waals surface area contributed by atoms with E-state index in [1.165, 1.54) is 35.4 Å². The van der Waals surface area contributed by atoms with Crippen LogP contribution in [0.4, 0.5) is 0 Å². The fourth-order valence-corrected chi connectivity index (χ4v) is 5.38. The number of ketones is 1. The standard InChI is InChI=1S/C37H42O5/c1-36(2,3)25-11-7-23(8-12-25)19-31(29-17-15-27(38)21-33(29)40)35(42)32(30-18-16-28(39)22-34(30)41)20-24-9-13-26(14-10-24)37(4,5)6/h7-18,21-22,31-32,38-41H,19-20H2,1-6H3. The van der Waals surface area contributed by atoms with E-state index >= 15 is 0 Å². The van der Waals surface area contributed by atoms with Gasteiger partial charge in [0.2, 0.25) is 0 Å². The zero-order chi connectivity index (χ0) is 30.8. The van der Waals surface area contributed by atoms with E-state index in [1.54, 1.807) is 12.1 Å². The number of rotatable bonds is 8. The van der Waals surface area contributed by atoms with E-state index < -0.39 is 11.8 Å². The normalized spacial score (nSPS) is 13.5. The first-order valence-electron chi connectivity index (χ1n) is 14.4. The predicted molar refractivity (Wildman–Crippen MR) is 168 cm³/mol. The zero-order valence-corrected chi connectivity index (χ0v) is 25.3. The maximum absolute atomic E-state index is 14.6. The van der Waals surface area contributed by atoms with Crippen LogP contribution in [0.1, 0.15) is 86.8 Å². The molecular weight excluding hydrogens is 524 g/mol. The van der Waals surface area contributed by atoms with E-state index in [0.717, 1.165) is 11.1 Å². The molecule has 42 heavy (non-hydrogen) atoms. The van der Waals surface area contributed by atoms with Crippen LogP contribution in [0.2, 0.25) is 0 Å². The molecule has 0 spiro atoms. The molecule has 0 bridgehead atoms. The molecule has 0 aliphatic rings. The largest absolute Gasteiger partial charge is 0.508 e. The highest BCUT2D eigenvalue weighted by Crippen LogP contribution is 2.40. The molecule has 2 unspecified atom stereocenters. The smallest absolute Gasteiger partial charge is 0.148 e. The first-order chi connectivity index (χ1) is 19.6. The summed E-state index contributed by atoms with van der Waals surface area (Å²) in [5, 5.41) is 41.7. The van der Waals surface area contributed by atoms with Gasteiger partial charge < -0.3 is 20.4 Å². The fraction of sp³-hybridized carbons (Fsp3) is 0.324. The summed E-state index contributed by atoms with van der Waals surface area (Å²) in [4.78, 5) is 14.6. The summed E-state index contributed by atoms with van der Waals surface area (Å²) >= 11 is 0. The molecule has 4 aromatic rings. The van der Waals surface area contributed by atoms with Crippen molar-refractivity contribution in [3.63, 3.8) is 0 Å². The first kappa shape index (κ1) is 30.7. The SMILES string of the molecule is CC(C)(C)c1ccc(CC(C(=O)C(Cc2ccc(C(C)(C)C)cc2)c2ccc(O)cc2O)c2ccc(O)cc2O)cc1. The molecule has 0 amide bonds. The van der Waals surface area contributed by atoms with Gasteiger partial charge in [0.15, 0.2) is 0 Å². The Morgan fingerprint density at radius 1 is 0.548 bits per heavy atom. The monoisotopic (exact) mass is 566 g/mol. The van der Waals surface area contributed by atoms with Gasteiger partial charge in [0.25, 0.3) is 0 Å². The second kappa shape index (κ2) is 11.9. The van der Waals surface area contributed by atoms with Crippen molar-refractivity contribution in [1.82, 2.24) is 0 Å². The molecule has 0 saturated heterocycles. The Labute approximate surface area is 249 Å². The van der Waals surface area contributed by atoms with E-state index in [0.29, 0.717) is 24.0 Å². The van der Waals surface area contributed by atoms with Gasteiger partial charge in [-0.1, -0.05) is 102 Å². The van der Waals surface area contributed by atoms with Crippen LogP contribution in [0.3, 0.4) is 0 Å². The van der Waals surface area contributed by atoms with E-state index in [9.17, 15) is 25.2 Å². The fourth-order valence-electron chi connectivity index (χ4n) is 5.38.